The minimum absolute atomic E-state index is 0.114. The Labute approximate surface area is 202 Å². The molecule has 1 aromatic heterocycles. The number of carbonyl (C=O) groups excluding carboxylic acids is 1. The Morgan fingerprint density at radius 3 is 2.52 bits per heavy atom. The van der Waals surface area contributed by atoms with Gasteiger partial charge in [0.05, 0.1) is 17.9 Å². The second-order valence-corrected chi connectivity index (χ2v) is 8.75. The molecule has 4 aromatic rings. The van der Waals surface area contributed by atoms with E-state index in [-0.39, 0.29) is 11.7 Å². The monoisotopic (exact) mass is 478 g/mol. The Hall–Kier alpha value is -3.29. The molecule has 8 heteroatoms. The third kappa shape index (κ3) is 5.05. The average Bonchev–Trinajstić information content (AvgIpc) is 3.25. The summed E-state index contributed by atoms with van der Waals surface area (Å²) in [5, 5.41) is 12.9. The van der Waals surface area contributed by atoms with Gasteiger partial charge < -0.3 is 10.1 Å². The van der Waals surface area contributed by atoms with Gasteiger partial charge in [0.1, 0.15) is 5.75 Å². The third-order valence-corrected chi connectivity index (χ3v) is 6.55. The number of carbonyl (C=O) groups is 1. The van der Waals surface area contributed by atoms with Gasteiger partial charge in [0.25, 0.3) is 0 Å². The SMILES string of the molecule is COc1ccc(-n2c(SCC(=O)Nc3cccc(C)c3C)nnc2-c2ccccc2Cl)cc1. The predicted octanol–water partition coefficient (Wildman–Crippen LogP) is 5.94. The zero-order valence-electron chi connectivity index (χ0n) is 18.5. The Bertz CT molecular complexity index is 1290. The summed E-state index contributed by atoms with van der Waals surface area (Å²) >= 11 is 7.76. The first-order chi connectivity index (χ1) is 16.0. The lowest BCUT2D eigenvalue weighted by atomic mass is 10.1. The number of benzene rings is 3. The summed E-state index contributed by atoms with van der Waals surface area (Å²) in [5.74, 6) is 1.41. The van der Waals surface area contributed by atoms with E-state index in [0.717, 1.165) is 33.8 Å². The number of ether oxygens (including phenoxy) is 1. The standard InChI is InChI=1S/C25H23ClN4O2S/c1-16-7-6-10-22(17(16)2)27-23(31)15-33-25-29-28-24(20-8-4-5-9-21(20)26)30(25)18-11-13-19(32-3)14-12-18/h4-14H,15H2,1-3H3,(H,27,31). The topological polar surface area (TPSA) is 69.0 Å². The van der Waals surface area contributed by atoms with E-state index in [1.165, 1.54) is 11.8 Å². The van der Waals surface area contributed by atoms with Gasteiger partial charge in [-0.05, 0) is 67.4 Å². The van der Waals surface area contributed by atoms with Gasteiger partial charge in [-0.25, -0.2) is 0 Å². The molecule has 0 saturated carbocycles. The van der Waals surface area contributed by atoms with Crippen molar-refractivity contribution in [3.05, 3.63) is 82.9 Å². The summed E-state index contributed by atoms with van der Waals surface area (Å²) in [7, 11) is 1.62. The minimum atomic E-state index is -0.114. The molecule has 0 fully saturated rings. The molecule has 168 valence electrons. The van der Waals surface area contributed by atoms with Crippen LogP contribution in [0.3, 0.4) is 0 Å². The predicted molar refractivity (Wildman–Crippen MR) is 134 cm³/mol. The highest BCUT2D eigenvalue weighted by Gasteiger charge is 2.19. The van der Waals surface area contributed by atoms with Crippen LogP contribution in [0.4, 0.5) is 5.69 Å². The van der Waals surface area contributed by atoms with Crippen LogP contribution in [0.5, 0.6) is 5.75 Å². The number of amides is 1. The van der Waals surface area contributed by atoms with Gasteiger partial charge >= 0.3 is 0 Å². The fourth-order valence-corrected chi connectivity index (χ4v) is 4.32. The zero-order chi connectivity index (χ0) is 23.4. The maximum Gasteiger partial charge on any atom is 0.234 e. The summed E-state index contributed by atoms with van der Waals surface area (Å²) < 4.78 is 7.18. The van der Waals surface area contributed by atoms with Crippen LogP contribution in [0.25, 0.3) is 17.1 Å². The number of aryl methyl sites for hydroxylation is 1. The molecule has 0 spiro atoms. The van der Waals surface area contributed by atoms with E-state index in [1.54, 1.807) is 7.11 Å². The average molecular weight is 479 g/mol. The first-order valence-electron chi connectivity index (χ1n) is 10.3. The third-order valence-electron chi connectivity index (χ3n) is 5.29. The molecule has 0 unspecified atom stereocenters. The number of aromatic nitrogens is 3. The lowest BCUT2D eigenvalue weighted by Crippen LogP contribution is -2.15. The highest BCUT2D eigenvalue weighted by molar-refractivity contribution is 7.99. The first kappa shape index (κ1) is 22.9. The molecule has 1 amide bonds. The number of thioether (sulfide) groups is 1. The van der Waals surface area contributed by atoms with Crippen LogP contribution in [0.15, 0.2) is 71.9 Å². The molecule has 0 aliphatic carbocycles. The summed E-state index contributed by atoms with van der Waals surface area (Å²) in [4.78, 5) is 12.7. The van der Waals surface area contributed by atoms with Crippen LogP contribution in [-0.2, 0) is 4.79 Å². The molecule has 1 heterocycles. The zero-order valence-corrected chi connectivity index (χ0v) is 20.1. The van der Waals surface area contributed by atoms with Crippen molar-refractivity contribution in [2.75, 3.05) is 18.2 Å². The first-order valence-corrected chi connectivity index (χ1v) is 11.7. The Morgan fingerprint density at radius 1 is 1.03 bits per heavy atom. The highest BCUT2D eigenvalue weighted by Crippen LogP contribution is 2.32. The summed E-state index contributed by atoms with van der Waals surface area (Å²) in [6.45, 7) is 4.02. The van der Waals surface area contributed by atoms with E-state index in [0.29, 0.717) is 16.0 Å². The molecule has 6 nitrogen and oxygen atoms in total. The van der Waals surface area contributed by atoms with Gasteiger partial charge in [-0.3, -0.25) is 9.36 Å². The quantitative estimate of drug-likeness (QED) is 0.333. The van der Waals surface area contributed by atoms with E-state index >= 15 is 0 Å². The number of methoxy groups -OCH3 is 1. The lowest BCUT2D eigenvalue weighted by molar-refractivity contribution is -0.113. The van der Waals surface area contributed by atoms with Gasteiger partial charge in [-0.1, -0.05) is 47.6 Å². The Balaban J connectivity index is 1.63. The van der Waals surface area contributed by atoms with E-state index in [2.05, 4.69) is 15.5 Å². The second kappa shape index (κ2) is 10.1. The number of hydrogen-bond donors (Lipinski definition) is 1. The maximum absolute atomic E-state index is 12.7. The van der Waals surface area contributed by atoms with Gasteiger partial charge in [-0.15, -0.1) is 10.2 Å². The van der Waals surface area contributed by atoms with E-state index < -0.39 is 0 Å². The summed E-state index contributed by atoms with van der Waals surface area (Å²) in [5.41, 5.74) is 4.60. The molecule has 0 aliphatic heterocycles. The lowest BCUT2D eigenvalue weighted by Gasteiger charge is -2.12. The van der Waals surface area contributed by atoms with Crippen LogP contribution in [0.2, 0.25) is 5.02 Å². The second-order valence-electron chi connectivity index (χ2n) is 7.40. The van der Waals surface area contributed by atoms with Crippen molar-refractivity contribution in [2.24, 2.45) is 0 Å². The van der Waals surface area contributed by atoms with Crippen molar-refractivity contribution in [3.8, 4) is 22.8 Å². The van der Waals surface area contributed by atoms with Gasteiger partial charge in [0.15, 0.2) is 11.0 Å². The fraction of sp³-hybridized carbons (Fsp3) is 0.160. The van der Waals surface area contributed by atoms with Crippen LogP contribution in [0, 0.1) is 13.8 Å². The molecule has 0 radical (unpaired) electrons. The molecule has 4 rings (SSSR count). The Morgan fingerprint density at radius 2 is 1.79 bits per heavy atom. The Kier molecular flexibility index (Phi) is 7.01. The number of halogens is 1. The smallest absolute Gasteiger partial charge is 0.234 e. The van der Waals surface area contributed by atoms with Crippen molar-refractivity contribution in [1.82, 2.24) is 14.8 Å². The van der Waals surface area contributed by atoms with Gasteiger partial charge in [0, 0.05) is 16.9 Å². The molecular weight excluding hydrogens is 456 g/mol. The molecule has 0 saturated heterocycles. The van der Waals surface area contributed by atoms with Crippen LogP contribution >= 0.6 is 23.4 Å². The van der Waals surface area contributed by atoms with E-state index in [1.807, 2.05) is 85.1 Å². The van der Waals surface area contributed by atoms with Crippen LogP contribution < -0.4 is 10.1 Å². The van der Waals surface area contributed by atoms with Crippen LogP contribution in [-0.4, -0.2) is 33.5 Å². The molecule has 0 atom stereocenters. The normalized spacial score (nSPS) is 10.8. The van der Waals surface area contributed by atoms with Gasteiger partial charge in [0.2, 0.25) is 5.91 Å². The van der Waals surface area contributed by atoms with E-state index in [4.69, 9.17) is 16.3 Å². The molecular formula is C25H23ClN4O2S. The van der Waals surface area contributed by atoms with E-state index in [9.17, 15) is 4.79 Å². The summed E-state index contributed by atoms with van der Waals surface area (Å²) in [6, 6.07) is 20.9. The number of nitrogens with one attached hydrogen (secondary N) is 1. The molecule has 0 aliphatic rings. The number of nitrogens with zero attached hydrogens (tertiary/aromatic N) is 3. The number of hydrogen-bond acceptors (Lipinski definition) is 5. The van der Waals surface area contributed by atoms with Crippen molar-refractivity contribution < 1.29 is 9.53 Å². The summed E-state index contributed by atoms with van der Waals surface area (Å²) in [6.07, 6.45) is 0. The van der Waals surface area contributed by atoms with Crippen molar-refractivity contribution in [2.45, 2.75) is 19.0 Å². The van der Waals surface area contributed by atoms with Crippen molar-refractivity contribution in [1.29, 1.82) is 0 Å². The van der Waals surface area contributed by atoms with Crippen molar-refractivity contribution >= 4 is 35.0 Å². The number of anilines is 1. The largest absolute Gasteiger partial charge is 0.497 e. The van der Waals surface area contributed by atoms with Crippen molar-refractivity contribution in [3.63, 3.8) is 0 Å². The molecule has 0 bridgehead atoms. The van der Waals surface area contributed by atoms with Gasteiger partial charge in [-0.2, -0.15) is 0 Å². The minimum Gasteiger partial charge on any atom is -0.497 e. The highest BCUT2D eigenvalue weighted by atomic mass is 35.5. The maximum atomic E-state index is 12.7. The number of rotatable bonds is 7. The molecule has 33 heavy (non-hydrogen) atoms. The molecule has 1 N–H and O–H groups in total. The van der Waals surface area contributed by atoms with Crippen LogP contribution in [0.1, 0.15) is 11.1 Å². The fourth-order valence-electron chi connectivity index (χ4n) is 3.35. The molecule has 3 aromatic carbocycles.